The van der Waals surface area contributed by atoms with E-state index in [-0.39, 0.29) is 11.9 Å². The van der Waals surface area contributed by atoms with Crippen LogP contribution in [0.2, 0.25) is 0 Å². The van der Waals surface area contributed by atoms with Gasteiger partial charge in [-0.1, -0.05) is 0 Å². The number of likely N-dealkylation sites (tertiary alicyclic amines) is 1. The number of aromatic nitrogens is 2. The van der Waals surface area contributed by atoms with Gasteiger partial charge in [0.15, 0.2) is 0 Å². The average molecular weight is 382 g/mol. The van der Waals surface area contributed by atoms with Gasteiger partial charge in [0.25, 0.3) is 5.91 Å². The van der Waals surface area contributed by atoms with Crippen LogP contribution in [0.25, 0.3) is 10.6 Å². The molecule has 1 fully saturated rings. The van der Waals surface area contributed by atoms with Crippen LogP contribution in [0.4, 0.5) is 0 Å². The van der Waals surface area contributed by atoms with Crippen molar-refractivity contribution in [2.75, 3.05) is 13.2 Å². The van der Waals surface area contributed by atoms with Crippen LogP contribution in [0.3, 0.4) is 0 Å². The van der Waals surface area contributed by atoms with Gasteiger partial charge >= 0.3 is 0 Å². The molecule has 3 heterocycles. The number of amides is 1. The van der Waals surface area contributed by atoms with Crippen LogP contribution in [-0.2, 0) is 0 Å². The Morgan fingerprint density at radius 2 is 2.15 bits per heavy atom. The average Bonchev–Trinajstić information content (AvgIpc) is 3.42. The van der Waals surface area contributed by atoms with Crippen LogP contribution in [0.15, 0.2) is 42.6 Å². The first kappa shape index (κ1) is 17.8. The fourth-order valence-corrected chi connectivity index (χ4v) is 4.62. The number of aromatic amines is 1. The Bertz CT molecular complexity index is 916. The zero-order valence-electron chi connectivity index (χ0n) is 15.6. The summed E-state index contributed by atoms with van der Waals surface area (Å²) in [5, 5.41) is 0.870. The molecule has 1 aromatic carbocycles. The zero-order chi connectivity index (χ0) is 18.8. The molecule has 1 amide bonds. The second-order valence-corrected chi connectivity index (χ2v) is 7.67. The molecule has 3 aromatic rings. The molecule has 0 spiro atoms. The van der Waals surface area contributed by atoms with E-state index in [9.17, 15) is 4.79 Å². The van der Waals surface area contributed by atoms with Crippen LogP contribution in [0.1, 0.15) is 46.9 Å². The van der Waals surface area contributed by atoms with E-state index in [0.717, 1.165) is 52.0 Å². The van der Waals surface area contributed by atoms with E-state index in [2.05, 4.69) is 16.0 Å². The van der Waals surface area contributed by atoms with Crippen LogP contribution in [-0.4, -0.2) is 33.9 Å². The maximum absolute atomic E-state index is 13.2. The summed E-state index contributed by atoms with van der Waals surface area (Å²) in [5.41, 5.74) is 2.91. The number of hydrogen-bond acceptors (Lipinski definition) is 4. The number of nitrogens with one attached hydrogen (secondary N) is 1. The van der Waals surface area contributed by atoms with Crippen molar-refractivity contribution in [3.8, 4) is 16.3 Å². The number of benzene rings is 1. The lowest BCUT2D eigenvalue weighted by molar-refractivity contribution is 0.0737. The number of aryl methyl sites for hydroxylation is 1. The molecule has 1 saturated heterocycles. The Balaban J connectivity index is 1.58. The third-order valence-electron chi connectivity index (χ3n) is 4.90. The Morgan fingerprint density at radius 1 is 1.33 bits per heavy atom. The smallest absolute Gasteiger partial charge is 0.266 e. The quantitative estimate of drug-likeness (QED) is 0.689. The summed E-state index contributed by atoms with van der Waals surface area (Å²) in [6.07, 6.45) is 3.94. The molecule has 6 heteroatoms. The van der Waals surface area contributed by atoms with Crippen molar-refractivity contribution >= 4 is 17.2 Å². The second kappa shape index (κ2) is 7.56. The maximum atomic E-state index is 13.2. The van der Waals surface area contributed by atoms with Crippen molar-refractivity contribution in [2.45, 2.75) is 32.7 Å². The first-order chi connectivity index (χ1) is 13.2. The van der Waals surface area contributed by atoms with Gasteiger partial charge in [-0.3, -0.25) is 4.79 Å². The highest BCUT2D eigenvalue weighted by atomic mass is 32.1. The molecular formula is C21H23N3O2S. The Morgan fingerprint density at radius 3 is 2.85 bits per heavy atom. The third kappa shape index (κ3) is 3.49. The molecule has 4 rings (SSSR count). The molecule has 1 aliphatic rings. The van der Waals surface area contributed by atoms with Crippen molar-refractivity contribution < 1.29 is 9.53 Å². The van der Waals surface area contributed by atoms with Gasteiger partial charge in [0.05, 0.1) is 18.3 Å². The highest BCUT2D eigenvalue weighted by molar-refractivity contribution is 7.17. The van der Waals surface area contributed by atoms with Crippen molar-refractivity contribution in [1.82, 2.24) is 14.9 Å². The number of carbonyl (C=O) groups is 1. The van der Waals surface area contributed by atoms with Gasteiger partial charge in [-0.2, -0.15) is 0 Å². The van der Waals surface area contributed by atoms with Gasteiger partial charge in [0.1, 0.15) is 15.6 Å². The van der Waals surface area contributed by atoms with E-state index < -0.39 is 0 Å². The SMILES string of the molecule is CCOc1ccc(-c2nc(C)c(C(=O)N3CCCC3c3ccc[nH]3)s2)cc1. The molecule has 0 saturated carbocycles. The number of thiazole rings is 1. The molecular weight excluding hydrogens is 358 g/mol. The van der Waals surface area contributed by atoms with E-state index in [0.29, 0.717) is 6.61 Å². The van der Waals surface area contributed by atoms with Gasteiger partial charge in [0, 0.05) is 24.0 Å². The summed E-state index contributed by atoms with van der Waals surface area (Å²) in [6, 6.07) is 12.0. The highest BCUT2D eigenvalue weighted by Gasteiger charge is 2.33. The Hall–Kier alpha value is -2.60. The summed E-state index contributed by atoms with van der Waals surface area (Å²) in [6.45, 7) is 5.32. The fourth-order valence-electron chi connectivity index (χ4n) is 3.59. The molecule has 2 aromatic heterocycles. The van der Waals surface area contributed by atoms with Gasteiger partial charge < -0.3 is 14.6 Å². The minimum Gasteiger partial charge on any atom is -0.494 e. The molecule has 1 unspecified atom stereocenters. The lowest BCUT2D eigenvalue weighted by Gasteiger charge is -2.23. The number of ether oxygens (including phenoxy) is 1. The zero-order valence-corrected chi connectivity index (χ0v) is 16.4. The lowest BCUT2D eigenvalue weighted by Crippen LogP contribution is -2.30. The fraction of sp³-hybridized carbons (Fsp3) is 0.333. The first-order valence-corrected chi connectivity index (χ1v) is 10.1. The molecule has 1 atom stereocenters. The van der Waals surface area contributed by atoms with Crippen LogP contribution in [0, 0.1) is 6.92 Å². The van der Waals surface area contributed by atoms with Gasteiger partial charge in [-0.15, -0.1) is 11.3 Å². The molecule has 1 aliphatic heterocycles. The maximum Gasteiger partial charge on any atom is 0.266 e. The minimum absolute atomic E-state index is 0.0827. The summed E-state index contributed by atoms with van der Waals surface area (Å²) in [5.74, 6) is 0.927. The van der Waals surface area contributed by atoms with Gasteiger partial charge in [0.2, 0.25) is 0 Å². The third-order valence-corrected chi connectivity index (χ3v) is 6.09. The van der Waals surface area contributed by atoms with Gasteiger partial charge in [-0.25, -0.2) is 4.98 Å². The number of hydrogen-bond donors (Lipinski definition) is 1. The molecule has 140 valence electrons. The molecule has 0 aliphatic carbocycles. The first-order valence-electron chi connectivity index (χ1n) is 9.32. The number of H-pyrrole nitrogens is 1. The summed E-state index contributed by atoms with van der Waals surface area (Å²) in [7, 11) is 0. The Labute approximate surface area is 163 Å². The molecule has 1 N–H and O–H groups in total. The van der Waals surface area contributed by atoms with Gasteiger partial charge in [-0.05, 0) is 63.1 Å². The molecule has 27 heavy (non-hydrogen) atoms. The van der Waals surface area contributed by atoms with E-state index in [4.69, 9.17) is 4.74 Å². The van der Waals surface area contributed by atoms with E-state index >= 15 is 0 Å². The summed E-state index contributed by atoms with van der Waals surface area (Å²) < 4.78 is 5.50. The van der Waals surface area contributed by atoms with Crippen molar-refractivity contribution in [3.05, 3.63) is 58.9 Å². The van der Waals surface area contributed by atoms with Crippen LogP contribution >= 0.6 is 11.3 Å². The van der Waals surface area contributed by atoms with Crippen LogP contribution < -0.4 is 4.74 Å². The van der Waals surface area contributed by atoms with E-state index in [1.165, 1.54) is 11.3 Å². The number of rotatable bonds is 5. The van der Waals surface area contributed by atoms with Crippen LogP contribution in [0.5, 0.6) is 5.75 Å². The highest BCUT2D eigenvalue weighted by Crippen LogP contribution is 2.35. The largest absolute Gasteiger partial charge is 0.494 e. The topological polar surface area (TPSA) is 58.2 Å². The standard InChI is InChI=1S/C21H23N3O2S/c1-3-26-16-10-8-15(9-11-16)20-23-14(2)19(27-20)21(25)24-13-5-7-18(24)17-6-4-12-22-17/h4,6,8-12,18,22H,3,5,7,13H2,1-2H3. The Kier molecular flexibility index (Phi) is 4.99. The number of carbonyl (C=O) groups excluding carboxylic acids is 1. The molecule has 5 nitrogen and oxygen atoms in total. The molecule has 0 radical (unpaired) electrons. The predicted octanol–water partition coefficient (Wildman–Crippen LogP) is 4.82. The number of nitrogens with zero attached hydrogens (tertiary/aromatic N) is 2. The lowest BCUT2D eigenvalue weighted by atomic mass is 10.1. The van der Waals surface area contributed by atoms with E-state index in [1.54, 1.807) is 0 Å². The second-order valence-electron chi connectivity index (χ2n) is 6.67. The van der Waals surface area contributed by atoms with Crippen molar-refractivity contribution in [2.24, 2.45) is 0 Å². The summed E-state index contributed by atoms with van der Waals surface area (Å²) >= 11 is 1.47. The van der Waals surface area contributed by atoms with Crippen molar-refractivity contribution in [3.63, 3.8) is 0 Å². The van der Waals surface area contributed by atoms with Crippen molar-refractivity contribution in [1.29, 1.82) is 0 Å². The molecule has 0 bridgehead atoms. The minimum atomic E-state index is 0.0827. The normalized spacial score (nSPS) is 16.7. The van der Waals surface area contributed by atoms with E-state index in [1.807, 2.05) is 55.3 Å². The predicted molar refractivity (Wildman–Crippen MR) is 107 cm³/mol. The summed E-state index contributed by atoms with van der Waals surface area (Å²) in [4.78, 5) is 23.9. The monoisotopic (exact) mass is 381 g/mol.